The Hall–Kier alpha value is -2.83. The van der Waals surface area contributed by atoms with Gasteiger partial charge in [0.05, 0.1) is 5.56 Å². The quantitative estimate of drug-likeness (QED) is 0.470. The van der Waals surface area contributed by atoms with Gasteiger partial charge in [-0.25, -0.2) is 10.4 Å². The Morgan fingerprint density at radius 1 is 1.45 bits per heavy atom. The summed E-state index contributed by atoms with van der Waals surface area (Å²) in [6.07, 6.45) is -0.593. The topological polar surface area (TPSA) is 84.6 Å². The summed E-state index contributed by atoms with van der Waals surface area (Å²) < 4.78 is 40.5. The summed E-state index contributed by atoms with van der Waals surface area (Å²) in [5.74, 6) is -0.316. The second-order valence-corrected chi connectivity index (χ2v) is 7.76. The Morgan fingerprint density at radius 2 is 2.17 bits per heavy atom. The van der Waals surface area contributed by atoms with Gasteiger partial charge in [0, 0.05) is 26.3 Å². The molecule has 156 valence electrons. The number of carbonyl (C=O) groups is 1. The Morgan fingerprint density at radius 3 is 2.79 bits per heavy atom. The Kier molecular flexibility index (Phi) is 5.68. The molecule has 1 N–H and O–H groups in total. The van der Waals surface area contributed by atoms with Crippen LogP contribution in [0.25, 0.3) is 0 Å². The molecule has 1 aliphatic heterocycles. The van der Waals surface area contributed by atoms with Gasteiger partial charge >= 0.3 is 6.18 Å². The second-order valence-electron chi connectivity index (χ2n) is 7.76. The van der Waals surface area contributed by atoms with Crippen LogP contribution in [0.5, 0.6) is 0 Å². The zero-order valence-electron chi connectivity index (χ0n) is 16.5. The number of amides is 1. The molecule has 3 unspecified atom stereocenters. The van der Waals surface area contributed by atoms with Crippen molar-refractivity contribution in [3.63, 3.8) is 0 Å². The van der Waals surface area contributed by atoms with E-state index in [1.54, 1.807) is 30.0 Å². The van der Waals surface area contributed by atoms with Gasteiger partial charge < -0.3 is 9.80 Å². The lowest BCUT2D eigenvalue weighted by Gasteiger charge is -2.29. The Balaban J connectivity index is 2.03. The van der Waals surface area contributed by atoms with Crippen molar-refractivity contribution in [1.29, 1.82) is 5.26 Å². The van der Waals surface area contributed by atoms with Crippen molar-refractivity contribution in [3.05, 3.63) is 22.9 Å². The molecule has 1 amide bonds. The molecule has 2 fully saturated rings. The number of rotatable bonds is 4. The molecule has 0 spiro atoms. The third kappa shape index (κ3) is 4.13. The fraction of sp³-hybridized carbons (Fsp3) is 0.579. The molecule has 1 saturated heterocycles. The highest BCUT2D eigenvalue weighted by molar-refractivity contribution is 5.87. The summed E-state index contributed by atoms with van der Waals surface area (Å²) in [6.45, 7) is 1.84. The summed E-state index contributed by atoms with van der Waals surface area (Å²) in [5, 5.41) is 13.4. The number of hydrazone groups is 1. The van der Waals surface area contributed by atoms with Crippen molar-refractivity contribution in [3.8, 4) is 6.07 Å². The summed E-state index contributed by atoms with van der Waals surface area (Å²) in [6, 6.07) is 1.82. The van der Waals surface area contributed by atoms with E-state index in [4.69, 9.17) is 0 Å². The van der Waals surface area contributed by atoms with Crippen molar-refractivity contribution in [2.75, 3.05) is 25.5 Å². The van der Waals surface area contributed by atoms with Gasteiger partial charge in [0.15, 0.2) is 0 Å². The fourth-order valence-corrected chi connectivity index (χ4v) is 4.33. The molecule has 0 radical (unpaired) electrons. The molecule has 1 aliphatic carbocycles. The van der Waals surface area contributed by atoms with Gasteiger partial charge in [-0.15, -0.1) is 0 Å². The van der Waals surface area contributed by atoms with Crippen LogP contribution < -0.4 is 10.3 Å². The average molecular weight is 408 g/mol. The van der Waals surface area contributed by atoms with Gasteiger partial charge in [0.25, 0.3) is 5.91 Å². The number of pyridine rings is 1. The average Bonchev–Trinajstić information content (AvgIpc) is 3.20. The molecule has 7 nitrogen and oxygen atoms in total. The van der Waals surface area contributed by atoms with Gasteiger partial charge in [-0.05, 0) is 37.7 Å². The van der Waals surface area contributed by atoms with E-state index in [1.807, 2.05) is 0 Å². The zero-order chi connectivity index (χ0) is 21.3. The smallest absolute Gasteiger partial charge is 0.367 e. The monoisotopic (exact) mass is 408 g/mol. The van der Waals surface area contributed by atoms with Gasteiger partial charge in [-0.1, -0.05) is 6.42 Å². The minimum absolute atomic E-state index is 0.00671. The molecule has 3 rings (SSSR count). The van der Waals surface area contributed by atoms with Crippen molar-refractivity contribution in [2.45, 2.75) is 38.4 Å². The highest BCUT2D eigenvalue weighted by atomic mass is 19.4. The standard InChI is InChI=1S/C19H23F3N6O/c1-11-7-15(19(20,21)22)14(8-23)17(25-11)28-9-12-5-4-6-13(12)16(28)18(29)26-24-10-27(2)3/h7,10,12-13,16H,4-6,9H2,1-3H3,(H,26,29). The highest BCUT2D eigenvalue weighted by Crippen LogP contribution is 2.45. The number of nitrogens with one attached hydrogen (secondary N) is 1. The third-order valence-corrected chi connectivity index (χ3v) is 5.44. The molecular formula is C19H23F3N6O. The number of nitrogens with zero attached hydrogens (tertiary/aromatic N) is 5. The van der Waals surface area contributed by atoms with Gasteiger partial charge in [-0.3, -0.25) is 4.79 Å². The number of aryl methyl sites for hydroxylation is 1. The summed E-state index contributed by atoms with van der Waals surface area (Å²) in [4.78, 5) is 20.4. The molecule has 1 saturated carbocycles. The van der Waals surface area contributed by atoms with Crippen molar-refractivity contribution in [2.24, 2.45) is 16.9 Å². The summed E-state index contributed by atoms with van der Waals surface area (Å²) in [7, 11) is 3.50. The van der Waals surface area contributed by atoms with E-state index in [9.17, 15) is 23.2 Å². The van der Waals surface area contributed by atoms with Crippen LogP contribution in [0.1, 0.15) is 36.1 Å². The van der Waals surface area contributed by atoms with E-state index in [1.165, 1.54) is 13.3 Å². The Bertz CT molecular complexity index is 861. The number of nitriles is 1. The van der Waals surface area contributed by atoms with E-state index in [0.29, 0.717) is 6.54 Å². The minimum Gasteiger partial charge on any atom is -0.367 e. The number of carbonyl (C=O) groups excluding carboxylic acids is 1. The Labute approximate surface area is 167 Å². The molecule has 29 heavy (non-hydrogen) atoms. The van der Waals surface area contributed by atoms with Crippen molar-refractivity contribution < 1.29 is 18.0 Å². The van der Waals surface area contributed by atoms with Gasteiger partial charge in [-0.2, -0.15) is 23.5 Å². The van der Waals surface area contributed by atoms with Crippen molar-refractivity contribution in [1.82, 2.24) is 15.3 Å². The maximum atomic E-state index is 13.5. The number of fused-ring (bicyclic) bond motifs is 1. The molecule has 3 atom stereocenters. The molecule has 2 aliphatic rings. The SMILES string of the molecule is Cc1cc(C(F)(F)F)c(C#N)c(N2CC3CCCC3C2C(=O)NN=CN(C)C)n1. The molecular weight excluding hydrogens is 385 g/mol. The van der Waals surface area contributed by atoms with Crippen LogP contribution in [0.4, 0.5) is 19.0 Å². The first-order valence-electron chi connectivity index (χ1n) is 9.38. The van der Waals surface area contributed by atoms with E-state index >= 15 is 0 Å². The van der Waals surface area contributed by atoms with E-state index in [2.05, 4.69) is 15.5 Å². The zero-order valence-corrected chi connectivity index (χ0v) is 16.5. The molecule has 10 heteroatoms. The maximum absolute atomic E-state index is 13.5. The lowest BCUT2D eigenvalue weighted by atomic mass is 9.93. The maximum Gasteiger partial charge on any atom is 0.417 e. The lowest BCUT2D eigenvalue weighted by Crippen LogP contribution is -2.46. The van der Waals surface area contributed by atoms with Crippen LogP contribution in [0, 0.1) is 30.1 Å². The predicted octanol–water partition coefficient (Wildman–Crippen LogP) is 2.51. The summed E-state index contributed by atoms with van der Waals surface area (Å²) in [5.41, 5.74) is 1.06. The van der Waals surface area contributed by atoms with Gasteiger partial charge in [0.2, 0.25) is 0 Å². The first-order valence-corrected chi connectivity index (χ1v) is 9.38. The van der Waals surface area contributed by atoms with Crippen LogP contribution in [0.3, 0.4) is 0 Å². The number of halogens is 3. The predicted molar refractivity (Wildman–Crippen MR) is 101 cm³/mol. The number of hydrogen-bond acceptors (Lipinski definition) is 5. The molecule has 0 aromatic carbocycles. The first kappa shape index (κ1) is 20.9. The number of hydrogen-bond donors (Lipinski definition) is 1. The number of aromatic nitrogens is 1. The first-order chi connectivity index (χ1) is 13.6. The second kappa shape index (κ2) is 7.89. The normalized spacial score (nSPS) is 23.9. The van der Waals surface area contributed by atoms with Crippen LogP contribution in [0.2, 0.25) is 0 Å². The van der Waals surface area contributed by atoms with E-state index in [0.717, 1.165) is 25.3 Å². The number of anilines is 1. The summed E-state index contributed by atoms with van der Waals surface area (Å²) >= 11 is 0. The fourth-order valence-electron chi connectivity index (χ4n) is 4.33. The van der Waals surface area contributed by atoms with Crippen molar-refractivity contribution >= 4 is 18.1 Å². The molecule has 0 bridgehead atoms. The van der Waals surface area contributed by atoms with Gasteiger partial charge in [0.1, 0.15) is 29.8 Å². The van der Waals surface area contributed by atoms with E-state index in [-0.39, 0.29) is 23.3 Å². The lowest BCUT2D eigenvalue weighted by molar-refractivity contribution is -0.137. The molecule has 2 heterocycles. The minimum atomic E-state index is -4.68. The molecule has 1 aromatic rings. The third-order valence-electron chi connectivity index (χ3n) is 5.44. The molecule has 1 aromatic heterocycles. The van der Waals surface area contributed by atoms with Crippen LogP contribution in [0.15, 0.2) is 11.2 Å². The van der Waals surface area contributed by atoms with Crippen LogP contribution in [-0.4, -0.2) is 48.8 Å². The van der Waals surface area contributed by atoms with Crippen LogP contribution >= 0.6 is 0 Å². The largest absolute Gasteiger partial charge is 0.417 e. The number of alkyl halides is 3. The highest BCUT2D eigenvalue weighted by Gasteiger charge is 2.49. The van der Waals surface area contributed by atoms with E-state index < -0.39 is 29.3 Å². The van der Waals surface area contributed by atoms with Crippen LogP contribution in [-0.2, 0) is 11.0 Å².